The van der Waals surface area contributed by atoms with Crippen LogP contribution in [-0.4, -0.2) is 63.1 Å². The van der Waals surface area contributed by atoms with E-state index < -0.39 is 18.3 Å². The maximum Gasteiger partial charge on any atom is 0.123 e. The Morgan fingerprint density at radius 2 is 1.45 bits per heavy atom. The van der Waals surface area contributed by atoms with Gasteiger partial charge in [0.15, 0.2) is 0 Å². The van der Waals surface area contributed by atoms with Crippen LogP contribution in [0.25, 0.3) is 0 Å². The summed E-state index contributed by atoms with van der Waals surface area (Å²) in [5.41, 5.74) is 5.25. The number of pyridine rings is 1. The fraction of sp³-hybridized carbons (Fsp3) is 0.643. The highest BCUT2D eigenvalue weighted by Crippen LogP contribution is 1.97. The van der Waals surface area contributed by atoms with E-state index in [2.05, 4.69) is 4.98 Å². The maximum absolute atomic E-state index is 9.14. The molecule has 0 saturated heterocycles. The highest BCUT2D eigenvalue weighted by atomic mass is 16.3. The van der Waals surface area contributed by atoms with E-state index in [0.717, 1.165) is 0 Å². The molecule has 20 heavy (non-hydrogen) atoms. The molecular weight excluding hydrogens is 258 g/mol. The number of aliphatic hydroxyl groups is 3. The molecule has 1 heterocycles. The normalized spacial score (nSPS) is 15.2. The summed E-state index contributed by atoms with van der Waals surface area (Å²) in [5, 5.41) is 27.4. The lowest BCUT2D eigenvalue weighted by Gasteiger charge is -2.25. The van der Waals surface area contributed by atoms with Crippen molar-refractivity contribution in [1.29, 1.82) is 0 Å². The van der Waals surface area contributed by atoms with Gasteiger partial charge >= 0.3 is 0 Å². The molecule has 0 bridgehead atoms. The van der Waals surface area contributed by atoms with Crippen molar-refractivity contribution in [2.45, 2.75) is 39.1 Å². The first kappa shape index (κ1) is 18.8. The Bertz CT molecular complexity index is 308. The Labute approximate surface area is 120 Å². The van der Waals surface area contributed by atoms with Gasteiger partial charge in [0.05, 0.1) is 18.3 Å². The van der Waals surface area contributed by atoms with E-state index >= 15 is 0 Å². The van der Waals surface area contributed by atoms with Crippen LogP contribution in [0.5, 0.6) is 0 Å². The molecule has 0 fully saturated rings. The second-order valence-corrected chi connectivity index (χ2v) is 5.02. The first-order valence-corrected chi connectivity index (χ1v) is 6.74. The minimum atomic E-state index is -0.433. The number of hydrogen-bond donors (Lipinski definition) is 4. The number of hydrogen-bond acceptors (Lipinski definition) is 6. The van der Waals surface area contributed by atoms with Gasteiger partial charge in [-0.25, -0.2) is 4.98 Å². The topological polar surface area (TPSA) is 103 Å². The van der Waals surface area contributed by atoms with Crippen LogP contribution in [0.4, 0.5) is 5.82 Å². The summed E-state index contributed by atoms with van der Waals surface area (Å²) >= 11 is 0. The third-order valence-corrected chi connectivity index (χ3v) is 2.26. The van der Waals surface area contributed by atoms with Crippen molar-refractivity contribution in [3.8, 4) is 0 Å². The van der Waals surface area contributed by atoms with Gasteiger partial charge in [-0.1, -0.05) is 6.07 Å². The number of nitrogens with two attached hydrogens (primary N) is 1. The van der Waals surface area contributed by atoms with E-state index in [9.17, 15) is 0 Å². The van der Waals surface area contributed by atoms with Crippen molar-refractivity contribution in [1.82, 2.24) is 9.88 Å². The fourth-order valence-electron chi connectivity index (χ4n) is 1.72. The second-order valence-electron chi connectivity index (χ2n) is 5.02. The molecule has 0 saturated carbocycles. The Kier molecular flexibility index (Phi) is 9.92. The van der Waals surface area contributed by atoms with Gasteiger partial charge in [0, 0.05) is 25.8 Å². The summed E-state index contributed by atoms with van der Waals surface area (Å²) in [6.07, 6.45) is 0.363. The number of nitrogen functional groups attached to an aromatic ring is 1. The molecule has 1 aromatic heterocycles. The predicted molar refractivity (Wildman–Crippen MR) is 80.1 cm³/mol. The molecule has 0 aliphatic heterocycles. The number of aliphatic hydroxyl groups excluding tert-OH is 3. The molecule has 0 spiro atoms. The maximum atomic E-state index is 9.14. The monoisotopic (exact) mass is 285 g/mol. The molecule has 116 valence electrons. The van der Waals surface area contributed by atoms with Crippen LogP contribution in [0.2, 0.25) is 0 Å². The number of rotatable bonds is 6. The van der Waals surface area contributed by atoms with Gasteiger partial charge in [-0.3, -0.25) is 4.90 Å². The van der Waals surface area contributed by atoms with Crippen LogP contribution in [0.1, 0.15) is 20.8 Å². The molecular formula is C14H27N3O3. The molecule has 5 N–H and O–H groups in total. The Morgan fingerprint density at radius 1 is 1.00 bits per heavy atom. The Balaban J connectivity index is 0.000000428. The second kappa shape index (κ2) is 10.6. The molecule has 3 atom stereocenters. The van der Waals surface area contributed by atoms with Crippen molar-refractivity contribution < 1.29 is 15.3 Å². The molecule has 1 rings (SSSR count). The zero-order valence-corrected chi connectivity index (χ0v) is 12.5. The first-order valence-electron chi connectivity index (χ1n) is 6.74. The van der Waals surface area contributed by atoms with E-state index in [-0.39, 0.29) is 0 Å². The average Bonchev–Trinajstić information content (AvgIpc) is 2.27. The van der Waals surface area contributed by atoms with Crippen molar-refractivity contribution in [2.24, 2.45) is 0 Å². The smallest absolute Gasteiger partial charge is 0.123 e. The van der Waals surface area contributed by atoms with Crippen molar-refractivity contribution in [2.75, 3.05) is 25.4 Å². The first-order chi connectivity index (χ1) is 9.31. The summed E-state index contributed by atoms with van der Waals surface area (Å²) in [5.74, 6) is 0.572. The van der Waals surface area contributed by atoms with Crippen LogP contribution in [-0.2, 0) is 0 Å². The number of nitrogens with zero attached hydrogens (tertiary/aromatic N) is 2. The zero-order chi connectivity index (χ0) is 15.5. The minimum Gasteiger partial charge on any atom is -0.392 e. The lowest BCUT2D eigenvalue weighted by molar-refractivity contribution is 0.0530. The van der Waals surface area contributed by atoms with E-state index in [1.54, 1.807) is 33.0 Å². The molecule has 0 aliphatic rings. The van der Waals surface area contributed by atoms with Crippen molar-refractivity contribution in [3.05, 3.63) is 24.4 Å². The molecule has 6 heteroatoms. The lowest BCUT2D eigenvalue weighted by atomic mass is 10.2. The fourth-order valence-corrected chi connectivity index (χ4v) is 1.72. The van der Waals surface area contributed by atoms with Crippen LogP contribution in [0.15, 0.2) is 24.4 Å². The van der Waals surface area contributed by atoms with Crippen LogP contribution >= 0.6 is 0 Å². The third kappa shape index (κ3) is 11.9. The highest BCUT2D eigenvalue weighted by molar-refractivity contribution is 5.25. The van der Waals surface area contributed by atoms with Gasteiger partial charge in [0.25, 0.3) is 0 Å². The van der Waals surface area contributed by atoms with Crippen molar-refractivity contribution >= 4 is 5.82 Å². The van der Waals surface area contributed by atoms with Crippen LogP contribution in [0.3, 0.4) is 0 Å². The Morgan fingerprint density at radius 3 is 1.65 bits per heavy atom. The molecule has 6 nitrogen and oxygen atoms in total. The van der Waals surface area contributed by atoms with Gasteiger partial charge in [-0.15, -0.1) is 0 Å². The standard InChI is InChI=1S/C9H21NO3.C5H6N2/c1-7(11)4-10(5-8(2)12)6-9(3)13;6-5-3-1-2-4-7-5/h7-9,11-13H,4-6H2,1-3H3;1-4H,(H2,6,7). The quantitative estimate of drug-likeness (QED) is 0.591. The molecule has 0 amide bonds. The lowest BCUT2D eigenvalue weighted by Crippen LogP contribution is -2.40. The zero-order valence-electron chi connectivity index (χ0n) is 12.5. The van der Waals surface area contributed by atoms with E-state index in [0.29, 0.717) is 25.5 Å². The Hall–Kier alpha value is -1.21. The van der Waals surface area contributed by atoms with E-state index in [1.807, 2.05) is 17.0 Å². The molecule has 1 aromatic rings. The predicted octanol–water partition coefficient (Wildman–Crippen LogP) is 0.0946. The summed E-state index contributed by atoms with van der Waals surface area (Å²) in [4.78, 5) is 5.60. The van der Waals surface area contributed by atoms with Gasteiger partial charge in [0.1, 0.15) is 5.82 Å². The van der Waals surface area contributed by atoms with Gasteiger partial charge in [-0.2, -0.15) is 0 Å². The summed E-state index contributed by atoms with van der Waals surface area (Å²) < 4.78 is 0. The van der Waals surface area contributed by atoms with E-state index in [4.69, 9.17) is 21.1 Å². The molecule has 3 unspecified atom stereocenters. The minimum absolute atomic E-state index is 0.433. The third-order valence-electron chi connectivity index (χ3n) is 2.26. The van der Waals surface area contributed by atoms with Crippen LogP contribution in [0, 0.1) is 0 Å². The van der Waals surface area contributed by atoms with Gasteiger partial charge < -0.3 is 21.1 Å². The highest BCUT2D eigenvalue weighted by Gasteiger charge is 2.12. The van der Waals surface area contributed by atoms with Gasteiger partial charge in [-0.05, 0) is 32.9 Å². The van der Waals surface area contributed by atoms with Gasteiger partial charge in [0.2, 0.25) is 0 Å². The molecule has 0 aromatic carbocycles. The summed E-state index contributed by atoms with van der Waals surface area (Å²) in [7, 11) is 0. The van der Waals surface area contributed by atoms with E-state index in [1.165, 1.54) is 0 Å². The van der Waals surface area contributed by atoms with Crippen LogP contribution < -0.4 is 5.73 Å². The SMILES string of the molecule is CC(O)CN(CC(C)O)CC(C)O.Nc1ccccn1. The molecule has 0 aliphatic carbocycles. The number of anilines is 1. The largest absolute Gasteiger partial charge is 0.392 e. The average molecular weight is 285 g/mol. The molecule has 0 radical (unpaired) electrons. The summed E-state index contributed by atoms with van der Waals surface area (Å²) in [6.45, 7) is 6.52. The summed E-state index contributed by atoms with van der Waals surface area (Å²) in [6, 6.07) is 5.43. The number of aromatic nitrogens is 1. The van der Waals surface area contributed by atoms with Crippen molar-refractivity contribution in [3.63, 3.8) is 0 Å².